The zero-order chi connectivity index (χ0) is 13.1. The first-order valence-corrected chi connectivity index (χ1v) is 6.53. The molecule has 3 aromatic rings. The molecular weight excluding hydrogens is 256 g/mol. The Hall–Kier alpha value is -2.06. The summed E-state index contributed by atoms with van der Waals surface area (Å²) in [7, 11) is 0. The number of benzene rings is 2. The lowest BCUT2D eigenvalue weighted by molar-refractivity contribution is 0.694. The Morgan fingerprint density at radius 1 is 0.895 bits per heavy atom. The molecular formula is C16H13ClN2. The van der Waals surface area contributed by atoms with Gasteiger partial charge >= 0.3 is 0 Å². The van der Waals surface area contributed by atoms with Crippen LogP contribution in [0.4, 0.5) is 0 Å². The van der Waals surface area contributed by atoms with Crippen molar-refractivity contribution >= 4 is 11.6 Å². The lowest BCUT2D eigenvalue weighted by Gasteiger charge is -2.09. The van der Waals surface area contributed by atoms with Gasteiger partial charge in [-0.3, -0.25) is 4.68 Å². The van der Waals surface area contributed by atoms with Crippen LogP contribution in [0.15, 0.2) is 66.9 Å². The lowest BCUT2D eigenvalue weighted by Crippen LogP contribution is -2.04. The SMILES string of the molecule is Clc1ccccc1Cn1nccc1-c1ccccc1. The molecule has 0 aliphatic carbocycles. The van der Waals surface area contributed by atoms with Gasteiger partial charge in [-0.05, 0) is 23.3 Å². The molecule has 3 rings (SSSR count). The number of aromatic nitrogens is 2. The van der Waals surface area contributed by atoms with Gasteiger partial charge in [-0.25, -0.2) is 0 Å². The molecule has 0 saturated carbocycles. The second-order valence-corrected chi connectivity index (χ2v) is 4.74. The molecule has 0 radical (unpaired) electrons. The fraction of sp³-hybridized carbons (Fsp3) is 0.0625. The fourth-order valence-corrected chi connectivity index (χ4v) is 2.30. The Kier molecular flexibility index (Phi) is 3.34. The predicted molar refractivity (Wildman–Crippen MR) is 78.2 cm³/mol. The molecule has 94 valence electrons. The Morgan fingerprint density at radius 3 is 2.42 bits per heavy atom. The van der Waals surface area contributed by atoms with E-state index in [4.69, 9.17) is 11.6 Å². The second-order valence-electron chi connectivity index (χ2n) is 4.33. The quantitative estimate of drug-likeness (QED) is 0.694. The standard InChI is InChI=1S/C16H13ClN2/c17-15-9-5-4-8-14(15)12-19-16(10-11-18-19)13-6-2-1-3-7-13/h1-11H,12H2. The van der Waals surface area contributed by atoms with Gasteiger partial charge in [0.1, 0.15) is 0 Å². The van der Waals surface area contributed by atoms with E-state index in [9.17, 15) is 0 Å². The van der Waals surface area contributed by atoms with E-state index in [1.54, 1.807) is 0 Å². The van der Waals surface area contributed by atoms with Crippen molar-refractivity contribution < 1.29 is 0 Å². The van der Waals surface area contributed by atoms with Gasteiger partial charge in [-0.1, -0.05) is 60.1 Å². The maximum absolute atomic E-state index is 6.20. The molecule has 19 heavy (non-hydrogen) atoms. The van der Waals surface area contributed by atoms with Crippen LogP contribution < -0.4 is 0 Å². The maximum atomic E-state index is 6.20. The largest absolute Gasteiger partial charge is 0.260 e. The molecule has 0 aliphatic rings. The van der Waals surface area contributed by atoms with E-state index in [1.165, 1.54) is 0 Å². The average molecular weight is 269 g/mol. The summed E-state index contributed by atoms with van der Waals surface area (Å²) >= 11 is 6.20. The molecule has 0 bridgehead atoms. The molecule has 3 heteroatoms. The van der Waals surface area contributed by atoms with Gasteiger partial charge in [-0.15, -0.1) is 0 Å². The van der Waals surface area contributed by atoms with Crippen LogP contribution in [0.2, 0.25) is 5.02 Å². The number of hydrogen-bond acceptors (Lipinski definition) is 1. The molecule has 2 aromatic carbocycles. The van der Waals surface area contributed by atoms with Gasteiger partial charge in [0, 0.05) is 11.2 Å². The first-order valence-electron chi connectivity index (χ1n) is 6.15. The summed E-state index contributed by atoms with van der Waals surface area (Å²) < 4.78 is 1.97. The summed E-state index contributed by atoms with van der Waals surface area (Å²) in [5.41, 5.74) is 3.33. The highest BCUT2D eigenvalue weighted by Crippen LogP contribution is 2.21. The molecule has 0 spiro atoms. The van der Waals surface area contributed by atoms with Crippen molar-refractivity contribution in [1.82, 2.24) is 9.78 Å². The normalized spacial score (nSPS) is 10.6. The van der Waals surface area contributed by atoms with E-state index in [0.29, 0.717) is 6.54 Å². The monoisotopic (exact) mass is 268 g/mol. The van der Waals surface area contributed by atoms with Crippen LogP contribution >= 0.6 is 11.6 Å². The molecule has 0 amide bonds. The summed E-state index contributed by atoms with van der Waals surface area (Å²) in [6.07, 6.45) is 1.82. The molecule has 0 saturated heterocycles. The topological polar surface area (TPSA) is 17.8 Å². The molecule has 2 nitrogen and oxygen atoms in total. The predicted octanol–water partition coefficient (Wildman–Crippen LogP) is 4.25. The summed E-state index contributed by atoms with van der Waals surface area (Å²) in [5.74, 6) is 0. The maximum Gasteiger partial charge on any atom is 0.0686 e. The van der Waals surface area contributed by atoms with Crippen molar-refractivity contribution in [3.05, 3.63) is 77.4 Å². The van der Waals surface area contributed by atoms with Crippen LogP contribution in [0, 0.1) is 0 Å². The van der Waals surface area contributed by atoms with Crippen molar-refractivity contribution in [2.45, 2.75) is 6.54 Å². The third-order valence-corrected chi connectivity index (χ3v) is 3.43. The number of halogens is 1. The van der Waals surface area contributed by atoms with Crippen LogP contribution in [-0.2, 0) is 6.54 Å². The highest BCUT2D eigenvalue weighted by Gasteiger charge is 2.07. The van der Waals surface area contributed by atoms with Crippen LogP contribution in [0.1, 0.15) is 5.56 Å². The summed E-state index contributed by atoms with van der Waals surface area (Å²) in [5, 5.41) is 5.16. The Morgan fingerprint density at radius 2 is 1.63 bits per heavy atom. The third kappa shape index (κ3) is 2.54. The van der Waals surface area contributed by atoms with Crippen molar-refractivity contribution in [3.8, 4) is 11.3 Å². The number of hydrogen-bond donors (Lipinski definition) is 0. The van der Waals surface area contributed by atoms with E-state index in [-0.39, 0.29) is 0 Å². The van der Waals surface area contributed by atoms with E-state index >= 15 is 0 Å². The molecule has 0 unspecified atom stereocenters. The van der Waals surface area contributed by atoms with Crippen molar-refractivity contribution in [2.75, 3.05) is 0 Å². The van der Waals surface area contributed by atoms with Gasteiger partial charge in [0.05, 0.1) is 12.2 Å². The molecule has 1 aromatic heterocycles. The zero-order valence-electron chi connectivity index (χ0n) is 10.3. The summed E-state index contributed by atoms with van der Waals surface area (Å²) in [6.45, 7) is 0.677. The number of rotatable bonds is 3. The van der Waals surface area contributed by atoms with Gasteiger partial charge in [0.2, 0.25) is 0 Å². The summed E-state index contributed by atoms with van der Waals surface area (Å²) in [6, 6.07) is 20.1. The number of nitrogens with zero attached hydrogens (tertiary/aromatic N) is 2. The van der Waals surface area contributed by atoms with Crippen molar-refractivity contribution in [3.63, 3.8) is 0 Å². The first-order chi connectivity index (χ1) is 9.34. The minimum absolute atomic E-state index is 0.677. The summed E-state index contributed by atoms with van der Waals surface area (Å²) in [4.78, 5) is 0. The minimum Gasteiger partial charge on any atom is -0.260 e. The molecule has 0 fully saturated rings. The fourth-order valence-electron chi connectivity index (χ4n) is 2.10. The van der Waals surface area contributed by atoms with Gasteiger partial charge in [-0.2, -0.15) is 5.10 Å². The second kappa shape index (κ2) is 5.29. The lowest BCUT2D eigenvalue weighted by atomic mass is 10.1. The van der Waals surface area contributed by atoms with E-state index in [0.717, 1.165) is 21.8 Å². The van der Waals surface area contributed by atoms with Crippen molar-refractivity contribution in [2.24, 2.45) is 0 Å². The van der Waals surface area contributed by atoms with Crippen molar-refractivity contribution in [1.29, 1.82) is 0 Å². The van der Waals surface area contributed by atoms with Gasteiger partial charge < -0.3 is 0 Å². The third-order valence-electron chi connectivity index (χ3n) is 3.06. The molecule has 0 N–H and O–H groups in total. The highest BCUT2D eigenvalue weighted by molar-refractivity contribution is 6.31. The smallest absolute Gasteiger partial charge is 0.0686 e. The Balaban J connectivity index is 1.96. The van der Waals surface area contributed by atoms with Gasteiger partial charge in [0.25, 0.3) is 0 Å². The minimum atomic E-state index is 0.677. The zero-order valence-corrected chi connectivity index (χ0v) is 11.1. The van der Waals surface area contributed by atoms with Gasteiger partial charge in [0.15, 0.2) is 0 Å². The van der Waals surface area contributed by atoms with Crippen LogP contribution in [0.5, 0.6) is 0 Å². The molecule has 0 aliphatic heterocycles. The van der Waals surface area contributed by atoms with E-state index in [1.807, 2.05) is 59.4 Å². The average Bonchev–Trinajstić information content (AvgIpc) is 2.91. The first kappa shape index (κ1) is 12.0. The van der Waals surface area contributed by atoms with E-state index in [2.05, 4.69) is 17.2 Å². The Labute approximate surface area is 117 Å². The Bertz CT molecular complexity index is 674. The molecule has 1 heterocycles. The molecule has 0 atom stereocenters. The van der Waals surface area contributed by atoms with E-state index < -0.39 is 0 Å². The highest BCUT2D eigenvalue weighted by atomic mass is 35.5. The van der Waals surface area contributed by atoms with Crippen LogP contribution in [0.25, 0.3) is 11.3 Å². The van der Waals surface area contributed by atoms with Crippen LogP contribution in [0.3, 0.4) is 0 Å². The van der Waals surface area contributed by atoms with Crippen LogP contribution in [-0.4, -0.2) is 9.78 Å².